The van der Waals surface area contributed by atoms with Crippen LogP contribution in [0, 0.1) is 0 Å². The molecule has 1 atom stereocenters. The molecule has 0 saturated carbocycles. The summed E-state index contributed by atoms with van der Waals surface area (Å²) in [4.78, 5) is 49.2. The van der Waals surface area contributed by atoms with E-state index in [0.29, 0.717) is 40.8 Å². The third-order valence-corrected chi connectivity index (χ3v) is 6.45. The largest absolute Gasteiger partial charge is 0.461 e. The molecule has 2 amide bonds. The first kappa shape index (κ1) is 28.9. The summed E-state index contributed by atoms with van der Waals surface area (Å²) in [6.45, 7) is 7.73. The van der Waals surface area contributed by atoms with Gasteiger partial charge in [0.1, 0.15) is 17.1 Å². The highest BCUT2D eigenvalue weighted by atomic mass is 35.5. The summed E-state index contributed by atoms with van der Waals surface area (Å²) in [7, 11) is 0. The Bertz CT molecular complexity index is 1380. The number of amides is 2. The highest BCUT2D eigenvalue weighted by Gasteiger charge is 2.36. The summed E-state index contributed by atoms with van der Waals surface area (Å²) < 4.78 is 12.1. The predicted molar refractivity (Wildman–Crippen MR) is 151 cm³/mol. The summed E-state index contributed by atoms with van der Waals surface area (Å²) in [6.07, 6.45) is 3.24. The maximum Gasteiger partial charge on any atom is 0.410 e. The fourth-order valence-electron chi connectivity index (χ4n) is 4.44. The molecule has 1 aliphatic heterocycles. The fourth-order valence-corrected chi connectivity index (χ4v) is 4.55. The molecule has 3 aromatic rings. The molecule has 12 heteroatoms. The Morgan fingerprint density at radius 1 is 1.12 bits per heavy atom. The van der Waals surface area contributed by atoms with Crippen molar-refractivity contribution >= 4 is 35.4 Å². The van der Waals surface area contributed by atoms with E-state index in [-0.39, 0.29) is 23.9 Å². The molecule has 3 heterocycles. The summed E-state index contributed by atoms with van der Waals surface area (Å²) in [5, 5.41) is 3.17. The van der Waals surface area contributed by atoms with Gasteiger partial charge in [-0.1, -0.05) is 23.7 Å². The lowest BCUT2D eigenvalue weighted by Crippen LogP contribution is -2.43. The van der Waals surface area contributed by atoms with Crippen LogP contribution in [0.25, 0.3) is 11.3 Å². The molecule has 0 bridgehead atoms. The van der Waals surface area contributed by atoms with Crippen LogP contribution in [-0.4, -0.2) is 56.3 Å². The molecule has 1 aliphatic rings. The number of esters is 1. The van der Waals surface area contributed by atoms with E-state index in [1.807, 2.05) is 0 Å². The molecule has 1 unspecified atom stereocenters. The summed E-state index contributed by atoms with van der Waals surface area (Å²) in [6, 6.07) is 9.30. The van der Waals surface area contributed by atoms with Crippen LogP contribution >= 0.6 is 11.6 Å². The van der Waals surface area contributed by atoms with E-state index < -0.39 is 23.7 Å². The number of imidazole rings is 1. The van der Waals surface area contributed by atoms with E-state index in [1.54, 1.807) is 69.0 Å². The molecule has 2 aromatic heterocycles. The number of carbonyl (C=O) groups excluding carboxylic acids is 3. The van der Waals surface area contributed by atoms with E-state index in [4.69, 9.17) is 31.9 Å². The number of nitrogens with two attached hydrogens (primary N) is 1. The molecule has 1 aromatic carbocycles. The lowest BCUT2D eigenvalue weighted by molar-refractivity contribution is 0.00820. The lowest BCUT2D eigenvalue weighted by atomic mass is 10.0. The number of nitrogens with one attached hydrogen (secondary N) is 1. The number of benzene rings is 1. The maximum absolute atomic E-state index is 13.0. The number of ether oxygens (including phenoxy) is 2. The van der Waals surface area contributed by atoms with Crippen LogP contribution in [0.4, 0.5) is 10.6 Å². The zero-order valence-electron chi connectivity index (χ0n) is 22.9. The quantitative estimate of drug-likeness (QED) is 0.305. The van der Waals surface area contributed by atoms with Crippen LogP contribution in [0.3, 0.4) is 0 Å². The highest BCUT2D eigenvalue weighted by molar-refractivity contribution is 6.30. The molecule has 0 aliphatic carbocycles. The van der Waals surface area contributed by atoms with Gasteiger partial charge in [-0.25, -0.2) is 24.2 Å². The normalized spacial score (nSPS) is 15.4. The number of nitrogens with zero attached hydrogens (tertiary/aromatic N) is 4. The van der Waals surface area contributed by atoms with Gasteiger partial charge in [0.05, 0.1) is 17.7 Å². The predicted octanol–water partition coefficient (Wildman–Crippen LogP) is 5.20. The highest BCUT2D eigenvalue weighted by Crippen LogP contribution is 2.35. The summed E-state index contributed by atoms with van der Waals surface area (Å²) in [5.74, 6) is 6.15. The first-order chi connectivity index (χ1) is 19.0. The number of aromatic nitrogens is 3. The standard InChI is InChI=1S/C28H33ClN6O5/c1-5-39-26(37)23-22(17-9-11-18(12-10-17)25(36)32-21-14-13-19(29)16-31-21)33-24(35(23)30)20-8-6-7-15-34(20)27(38)40-28(2,3)4/h9-14,16,20H,5-8,15,30H2,1-4H3,(H,31,32,36). The van der Waals surface area contributed by atoms with Gasteiger partial charge in [0.25, 0.3) is 5.91 Å². The van der Waals surface area contributed by atoms with Crippen LogP contribution in [0.1, 0.15) is 79.7 Å². The van der Waals surface area contributed by atoms with E-state index in [1.165, 1.54) is 10.9 Å². The smallest absolute Gasteiger partial charge is 0.410 e. The van der Waals surface area contributed by atoms with Crippen LogP contribution in [0.2, 0.25) is 5.02 Å². The topological polar surface area (TPSA) is 142 Å². The lowest BCUT2D eigenvalue weighted by Gasteiger charge is -2.36. The molecule has 4 rings (SSSR count). The van der Waals surface area contributed by atoms with Crippen LogP contribution in [0.5, 0.6) is 0 Å². The molecule has 11 nitrogen and oxygen atoms in total. The first-order valence-electron chi connectivity index (χ1n) is 13.1. The van der Waals surface area contributed by atoms with Gasteiger partial charge in [0, 0.05) is 23.9 Å². The van der Waals surface area contributed by atoms with Crippen molar-refractivity contribution in [2.24, 2.45) is 0 Å². The Labute approximate surface area is 237 Å². The number of pyridine rings is 1. The molecule has 40 heavy (non-hydrogen) atoms. The second kappa shape index (κ2) is 12.0. The van der Waals surface area contributed by atoms with Gasteiger partial charge in [-0.15, -0.1) is 0 Å². The molecule has 212 valence electrons. The first-order valence-corrected chi connectivity index (χ1v) is 13.4. The van der Waals surface area contributed by atoms with Crippen LogP contribution < -0.4 is 11.2 Å². The summed E-state index contributed by atoms with van der Waals surface area (Å²) >= 11 is 5.86. The van der Waals surface area contributed by atoms with Crippen molar-refractivity contribution < 1.29 is 23.9 Å². The van der Waals surface area contributed by atoms with Crippen molar-refractivity contribution in [2.45, 2.75) is 58.6 Å². The number of hydrogen-bond donors (Lipinski definition) is 2. The Hall–Kier alpha value is -4.12. The maximum atomic E-state index is 13.0. The zero-order valence-corrected chi connectivity index (χ0v) is 23.7. The molecule has 0 spiro atoms. The second-order valence-corrected chi connectivity index (χ2v) is 10.8. The van der Waals surface area contributed by atoms with E-state index in [9.17, 15) is 14.4 Å². The number of piperidine rings is 1. The van der Waals surface area contributed by atoms with Gasteiger partial charge in [0.2, 0.25) is 0 Å². The average molecular weight is 569 g/mol. The van der Waals surface area contributed by atoms with Crippen molar-refractivity contribution in [1.29, 1.82) is 0 Å². The van der Waals surface area contributed by atoms with Gasteiger partial charge in [-0.3, -0.25) is 9.69 Å². The third kappa shape index (κ3) is 6.53. The molecule has 3 N–H and O–H groups in total. The Kier molecular flexibility index (Phi) is 8.63. The minimum atomic E-state index is -0.671. The number of halogens is 1. The number of nitrogen functional groups attached to an aromatic ring is 1. The Balaban J connectivity index is 1.67. The van der Waals surface area contributed by atoms with Crippen molar-refractivity contribution in [3.05, 3.63) is 64.7 Å². The van der Waals surface area contributed by atoms with Gasteiger partial charge < -0.3 is 20.6 Å². The SMILES string of the molecule is CCOC(=O)c1c(-c2ccc(C(=O)Nc3ccc(Cl)cn3)cc2)nc(C2CCCCN2C(=O)OC(C)(C)C)n1N. The second-order valence-electron chi connectivity index (χ2n) is 10.3. The van der Waals surface area contributed by atoms with E-state index in [0.717, 1.165) is 12.8 Å². The summed E-state index contributed by atoms with van der Waals surface area (Å²) in [5.41, 5.74) is 0.588. The van der Waals surface area contributed by atoms with Crippen molar-refractivity contribution in [3.8, 4) is 11.3 Å². The minimum Gasteiger partial charge on any atom is -0.461 e. The minimum absolute atomic E-state index is 0.0501. The van der Waals surface area contributed by atoms with Gasteiger partial charge in [0.15, 0.2) is 11.5 Å². The molecular formula is C28H33ClN6O5. The molecular weight excluding hydrogens is 536 g/mol. The van der Waals surface area contributed by atoms with Crippen molar-refractivity contribution in [3.63, 3.8) is 0 Å². The molecule has 1 fully saturated rings. The number of rotatable bonds is 6. The zero-order chi connectivity index (χ0) is 29.0. The van der Waals surface area contributed by atoms with Gasteiger partial charge in [-0.2, -0.15) is 0 Å². The van der Waals surface area contributed by atoms with Crippen molar-refractivity contribution in [2.75, 3.05) is 24.3 Å². The number of likely N-dealkylation sites (tertiary alicyclic amines) is 1. The average Bonchev–Trinajstić information content (AvgIpc) is 3.26. The van der Waals surface area contributed by atoms with Gasteiger partial charge >= 0.3 is 12.1 Å². The number of carbonyl (C=O) groups is 3. The van der Waals surface area contributed by atoms with Crippen molar-refractivity contribution in [1.82, 2.24) is 19.5 Å². The Morgan fingerprint density at radius 2 is 1.85 bits per heavy atom. The van der Waals surface area contributed by atoms with E-state index >= 15 is 0 Å². The fraction of sp³-hybridized carbons (Fsp3) is 0.393. The third-order valence-electron chi connectivity index (χ3n) is 6.23. The van der Waals surface area contributed by atoms with Crippen LogP contribution in [-0.2, 0) is 9.47 Å². The molecule has 0 radical (unpaired) electrons. The Morgan fingerprint density at radius 3 is 2.48 bits per heavy atom. The molecule has 1 saturated heterocycles. The number of anilines is 1. The van der Waals surface area contributed by atoms with Crippen LogP contribution in [0.15, 0.2) is 42.6 Å². The number of hydrogen-bond acceptors (Lipinski definition) is 8. The van der Waals surface area contributed by atoms with Gasteiger partial charge in [-0.05, 0) is 71.2 Å². The monoisotopic (exact) mass is 568 g/mol. The van der Waals surface area contributed by atoms with E-state index in [2.05, 4.69) is 10.3 Å².